The van der Waals surface area contributed by atoms with Crippen molar-refractivity contribution in [1.82, 2.24) is 5.32 Å². The Morgan fingerprint density at radius 1 is 1.52 bits per heavy atom. The van der Waals surface area contributed by atoms with Crippen molar-refractivity contribution < 1.29 is 9.59 Å². The molecule has 114 valence electrons. The molecule has 1 aromatic carbocycles. The highest BCUT2D eigenvalue weighted by Gasteiger charge is 2.21. The Bertz CT molecular complexity index is 516. The van der Waals surface area contributed by atoms with Crippen molar-refractivity contribution in [3.63, 3.8) is 0 Å². The highest BCUT2D eigenvalue weighted by atomic mass is 16.2. The molecule has 1 unspecified atom stereocenters. The summed E-state index contributed by atoms with van der Waals surface area (Å²) in [5, 5.41) is 5.61. The number of carbonyl (C=O) groups excluding carboxylic acids is 2. The van der Waals surface area contributed by atoms with Gasteiger partial charge in [-0.25, -0.2) is 4.79 Å². The number of urea groups is 1. The normalized spacial score (nSPS) is 15.7. The fourth-order valence-electron chi connectivity index (χ4n) is 2.28. The van der Waals surface area contributed by atoms with Crippen molar-refractivity contribution in [2.24, 2.45) is 5.73 Å². The van der Waals surface area contributed by atoms with Gasteiger partial charge >= 0.3 is 6.03 Å². The van der Waals surface area contributed by atoms with Crippen LogP contribution < -0.4 is 21.3 Å². The maximum atomic E-state index is 11.8. The molecular weight excluding hydrogens is 268 g/mol. The van der Waals surface area contributed by atoms with E-state index in [-0.39, 0.29) is 18.0 Å². The van der Waals surface area contributed by atoms with E-state index in [1.165, 1.54) is 0 Å². The lowest BCUT2D eigenvalue weighted by atomic mass is 10.1. The van der Waals surface area contributed by atoms with Crippen molar-refractivity contribution in [3.8, 4) is 0 Å². The van der Waals surface area contributed by atoms with Gasteiger partial charge in [0.1, 0.15) is 0 Å². The molecule has 0 aliphatic carbocycles. The molecule has 0 saturated carbocycles. The van der Waals surface area contributed by atoms with E-state index < -0.39 is 0 Å². The predicted molar refractivity (Wildman–Crippen MR) is 83.3 cm³/mol. The molecule has 0 radical (unpaired) electrons. The Morgan fingerprint density at radius 3 is 3.00 bits per heavy atom. The van der Waals surface area contributed by atoms with Crippen LogP contribution in [0.1, 0.15) is 26.2 Å². The summed E-state index contributed by atoms with van der Waals surface area (Å²) in [6, 6.07) is 7.34. The summed E-state index contributed by atoms with van der Waals surface area (Å²) in [6.07, 6.45) is 2.06. The molecule has 0 spiro atoms. The quantitative estimate of drug-likeness (QED) is 0.744. The van der Waals surface area contributed by atoms with Crippen LogP contribution in [0.25, 0.3) is 0 Å². The fraction of sp³-hybridized carbons (Fsp3) is 0.467. The Hall–Kier alpha value is -2.08. The summed E-state index contributed by atoms with van der Waals surface area (Å²) in [6.45, 7) is 3.22. The standard InChI is InChI=1S/C15H22N4O2/c1-11(16)4-2-7-14(20)18-12-5-3-6-13(10-12)19-9-8-17-15(19)21/h3,5-6,10-11H,2,4,7-9,16H2,1H3,(H,17,21)(H,18,20). The minimum absolute atomic E-state index is 0.0290. The number of rotatable bonds is 6. The van der Waals surface area contributed by atoms with Crippen LogP contribution in [0.2, 0.25) is 0 Å². The second-order valence-electron chi connectivity index (χ2n) is 5.35. The summed E-state index contributed by atoms with van der Waals surface area (Å²) in [7, 11) is 0. The van der Waals surface area contributed by atoms with Gasteiger partial charge in [0.2, 0.25) is 5.91 Å². The fourth-order valence-corrected chi connectivity index (χ4v) is 2.28. The first-order valence-electron chi connectivity index (χ1n) is 7.27. The third-order valence-electron chi connectivity index (χ3n) is 3.36. The lowest BCUT2D eigenvalue weighted by Gasteiger charge is -2.15. The third kappa shape index (κ3) is 4.46. The summed E-state index contributed by atoms with van der Waals surface area (Å²) in [5.41, 5.74) is 7.16. The number of amides is 3. The smallest absolute Gasteiger partial charge is 0.321 e. The third-order valence-corrected chi connectivity index (χ3v) is 3.36. The molecule has 1 fully saturated rings. The van der Waals surface area contributed by atoms with E-state index in [9.17, 15) is 9.59 Å². The van der Waals surface area contributed by atoms with Gasteiger partial charge in [0.05, 0.1) is 0 Å². The molecule has 0 bridgehead atoms. The number of anilines is 2. The van der Waals surface area contributed by atoms with Crippen LogP contribution in [0, 0.1) is 0 Å². The van der Waals surface area contributed by atoms with E-state index in [1.807, 2.05) is 31.2 Å². The molecule has 1 heterocycles. The first-order chi connectivity index (χ1) is 10.1. The lowest BCUT2D eigenvalue weighted by molar-refractivity contribution is -0.116. The molecule has 2 rings (SSSR count). The topological polar surface area (TPSA) is 87.5 Å². The molecule has 3 amide bonds. The van der Waals surface area contributed by atoms with Crippen LogP contribution in [0.3, 0.4) is 0 Å². The highest BCUT2D eigenvalue weighted by molar-refractivity contribution is 5.96. The summed E-state index contributed by atoms with van der Waals surface area (Å²) in [5.74, 6) is -0.0290. The van der Waals surface area contributed by atoms with Crippen LogP contribution in [0.15, 0.2) is 24.3 Å². The monoisotopic (exact) mass is 290 g/mol. The molecular formula is C15H22N4O2. The van der Waals surface area contributed by atoms with Gasteiger partial charge in [-0.3, -0.25) is 9.69 Å². The van der Waals surface area contributed by atoms with Gasteiger partial charge in [0.15, 0.2) is 0 Å². The van der Waals surface area contributed by atoms with E-state index in [1.54, 1.807) is 4.90 Å². The number of hydrogen-bond donors (Lipinski definition) is 3. The Morgan fingerprint density at radius 2 is 2.33 bits per heavy atom. The van der Waals surface area contributed by atoms with Crippen LogP contribution >= 0.6 is 0 Å². The Kier molecular flexibility index (Phi) is 5.16. The number of carbonyl (C=O) groups is 2. The minimum atomic E-state index is -0.101. The summed E-state index contributed by atoms with van der Waals surface area (Å²) < 4.78 is 0. The number of hydrogen-bond acceptors (Lipinski definition) is 3. The number of nitrogens with zero attached hydrogens (tertiary/aromatic N) is 1. The van der Waals surface area contributed by atoms with Crippen molar-refractivity contribution in [1.29, 1.82) is 0 Å². The number of benzene rings is 1. The second-order valence-corrected chi connectivity index (χ2v) is 5.35. The van der Waals surface area contributed by atoms with Crippen LogP contribution in [-0.4, -0.2) is 31.1 Å². The largest absolute Gasteiger partial charge is 0.336 e. The zero-order valence-electron chi connectivity index (χ0n) is 12.3. The summed E-state index contributed by atoms with van der Waals surface area (Å²) >= 11 is 0. The van der Waals surface area contributed by atoms with Gasteiger partial charge in [-0.05, 0) is 38.0 Å². The zero-order valence-corrected chi connectivity index (χ0v) is 12.3. The van der Waals surface area contributed by atoms with Gasteiger partial charge < -0.3 is 16.4 Å². The molecule has 4 N–H and O–H groups in total. The molecule has 1 saturated heterocycles. The molecule has 0 aromatic heterocycles. The van der Waals surface area contributed by atoms with Crippen molar-refractivity contribution in [3.05, 3.63) is 24.3 Å². The summed E-state index contributed by atoms with van der Waals surface area (Å²) in [4.78, 5) is 25.1. The second kappa shape index (κ2) is 7.08. The Balaban J connectivity index is 1.91. The number of nitrogens with two attached hydrogens (primary N) is 1. The van der Waals surface area contributed by atoms with Crippen LogP contribution in [0.4, 0.5) is 16.2 Å². The number of nitrogens with one attached hydrogen (secondary N) is 2. The first kappa shape index (κ1) is 15.3. The van der Waals surface area contributed by atoms with Crippen LogP contribution in [-0.2, 0) is 4.79 Å². The molecule has 1 aliphatic rings. The lowest BCUT2D eigenvalue weighted by Crippen LogP contribution is -2.27. The molecule has 6 heteroatoms. The van der Waals surface area contributed by atoms with E-state index in [0.29, 0.717) is 25.2 Å². The van der Waals surface area contributed by atoms with Crippen LogP contribution in [0.5, 0.6) is 0 Å². The van der Waals surface area contributed by atoms with Gasteiger partial charge in [0, 0.05) is 36.9 Å². The minimum Gasteiger partial charge on any atom is -0.336 e. The van der Waals surface area contributed by atoms with Crippen molar-refractivity contribution >= 4 is 23.3 Å². The van der Waals surface area contributed by atoms with Gasteiger partial charge in [-0.1, -0.05) is 6.07 Å². The van der Waals surface area contributed by atoms with Gasteiger partial charge in [0.25, 0.3) is 0 Å². The van der Waals surface area contributed by atoms with Crippen molar-refractivity contribution in [2.45, 2.75) is 32.2 Å². The molecule has 1 atom stereocenters. The molecule has 21 heavy (non-hydrogen) atoms. The molecule has 6 nitrogen and oxygen atoms in total. The maximum Gasteiger partial charge on any atom is 0.321 e. The van der Waals surface area contributed by atoms with E-state index in [4.69, 9.17) is 5.73 Å². The van der Waals surface area contributed by atoms with E-state index in [2.05, 4.69) is 10.6 Å². The molecule has 1 aliphatic heterocycles. The first-order valence-corrected chi connectivity index (χ1v) is 7.27. The highest BCUT2D eigenvalue weighted by Crippen LogP contribution is 2.21. The van der Waals surface area contributed by atoms with Gasteiger partial charge in [-0.2, -0.15) is 0 Å². The van der Waals surface area contributed by atoms with E-state index in [0.717, 1.165) is 18.5 Å². The van der Waals surface area contributed by atoms with Crippen molar-refractivity contribution in [2.75, 3.05) is 23.3 Å². The molecule has 1 aromatic rings. The SMILES string of the molecule is CC(N)CCCC(=O)Nc1cccc(N2CCNC2=O)c1. The maximum absolute atomic E-state index is 11.8. The zero-order chi connectivity index (χ0) is 15.2. The predicted octanol–water partition coefficient (Wildman–Crippen LogP) is 1.67. The average molecular weight is 290 g/mol. The average Bonchev–Trinajstić information content (AvgIpc) is 2.85. The Labute approximate surface area is 124 Å². The van der Waals surface area contributed by atoms with Gasteiger partial charge in [-0.15, -0.1) is 0 Å². The van der Waals surface area contributed by atoms with E-state index >= 15 is 0 Å².